The molecule has 0 amide bonds. The molecule has 1 aliphatic heterocycles. The van der Waals surface area contributed by atoms with E-state index in [1.807, 2.05) is 0 Å². The minimum Gasteiger partial charge on any atom is -0.463 e. The van der Waals surface area contributed by atoms with E-state index in [0.29, 0.717) is 30.6 Å². The van der Waals surface area contributed by atoms with Crippen LogP contribution in [0.25, 0.3) is 0 Å². The number of hydrazine groups is 1. The van der Waals surface area contributed by atoms with Gasteiger partial charge in [-0.2, -0.15) is 15.0 Å². The van der Waals surface area contributed by atoms with Crippen molar-refractivity contribution in [3.05, 3.63) is 0 Å². The fourth-order valence-corrected chi connectivity index (χ4v) is 3.50. The minimum atomic E-state index is 0.356. The Labute approximate surface area is 125 Å². The first-order valence-electron chi connectivity index (χ1n) is 7.94. The number of anilines is 2. The fraction of sp³-hybridized carbons (Fsp3) is 0.786. The first-order valence-corrected chi connectivity index (χ1v) is 7.94. The lowest BCUT2D eigenvalue weighted by atomic mass is 9.92. The Morgan fingerprint density at radius 2 is 2.10 bits per heavy atom. The summed E-state index contributed by atoms with van der Waals surface area (Å²) < 4.78 is 5.56. The van der Waals surface area contributed by atoms with Gasteiger partial charge in [0, 0.05) is 12.6 Å². The number of ether oxygens (including phenoxy) is 1. The topological polar surface area (TPSA) is 89.2 Å². The Kier molecular flexibility index (Phi) is 4.38. The molecule has 0 aromatic carbocycles. The predicted molar refractivity (Wildman–Crippen MR) is 81.1 cm³/mol. The van der Waals surface area contributed by atoms with Crippen LogP contribution in [0.15, 0.2) is 0 Å². The molecule has 2 aliphatic rings. The Balaban J connectivity index is 1.85. The van der Waals surface area contributed by atoms with Crippen LogP contribution in [0.4, 0.5) is 11.9 Å². The Morgan fingerprint density at radius 3 is 2.90 bits per heavy atom. The number of rotatable bonds is 5. The molecule has 2 atom stereocenters. The molecule has 7 nitrogen and oxygen atoms in total. The smallest absolute Gasteiger partial charge is 0.323 e. The van der Waals surface area contributed by atoms with Crippen LogP contribution in [-0.4, -0.2) is 34.1 Å². The summed E-state index contributed by atoms with van der Waals surface area (Å²) >= 11 is 0. The number of nitrogens with two attached hydrogens (primary N) is 1. The molecule has 2 heterocycles. The summed E-state index contributed by atoms with van der Waals surface area (Å²) in [5.74, 6) is 7.32. The fourth-order valence-electron chi connectivity index (χ4n) is 3.50. The molecular formula is C14H24N6O. The van der Waals surface area contributed by atoms with Crippen molar-refractivity contribution in [3.8, 4) is 6.01 Å². The largest absolute Gasteiger partial charge is 0.463 e. The zero-order chi connectivity index (χ0) is 14.7. The second kappa shape index (κ2) is 6.43. The molecular weight excluding hydrogens is 268 g/mol. The second-order valence-electron chi connectivity index (χ2n) is 5.83. The van der Waals surface area contributed by atoms with Crippen LogP contribution >= 0.6 is 0 Å². The molecule has 1 saturated heterocycles. The van der Waals surface area contributed by atoms with E-state index in [1.54, 1.807) is 0 Å². The number of aromatic nitrogens is 3. The zero-order valence-electron chi connectivity index (χ0n) is 12.6. The molecule has 3 N–H and O–H groups in total. The molecule has 2 unspecified atom stereocenters. The maximum atomic E-state index is 5.56. The van der Waals surface area contributed by atoms with Gasteiger partial charge in [-0.3, -0.25) is 5.43 Å². The van der Waals surface area contributed by atoms with Crippen molar-refractivity contribution in [2.45, 2.75) is 51.5 Å². The quantitative estimate of drug-likeness (QED) is 0.631. The first kappa shape index (κ1) is 14.3. The van der Waals surface area contributed by atoms with Gasteiger partial charge in [-0.15, -0.1) is 0 Å². The van der Waals surface area contributed by atoms with Crippen LogP contribution in [0.2, 0.25) is 0 Å². The van der Waals surface area contributed by atoms with Crippen molar-refractivity contribution in [2.75, 3.05) is 23.5 Å². The highest BCUT2D eigenvalue weighted by molar-refractivity contribution is 5.40. The van der Waals surface area contributed by atoms with Crippen LogP contribution in [0, 0.1) is 5.92 Å². The van der Waals surface area contributed by atoms with Crippen LogP contribution in [0.5, 0.6) is 6.01 Å². The number of fused-ring (bicyclic) bond motifs is 1. The Hall–Kier alpha value is -1.63. The van der Waals surface area contributed by atoms with Crippen molar-refractivity contribution in [1.29, 1.82) is 0 Å². The number of nitrogen functional groups attached to an aromatic ring is 1. The number of nitrogens with zero attached hydrogens (tertiary/aromatic N) is 4. The molecule has 116 valence electrons. The van der Waals surface area contributed by atoms with E-state index in [0.717, 1.165) is 18.9 Å². The number of piperidine rings is 1. The summed E-state index contributed by atoms with van der Waals surface area (Å²) in [6.45, 7) is 3.65. The molecule has 0 spiro atoms. The SMILES string of the molecule is CCCOc1nc(NN)nc(N2CCCC3CCCC32)n1. The first-order chi connectivity index (χ1) is 10.3. The van der Waals surface area contributed by atoms with Gasteiger partial charge in [0.05, 0.1) is 6.61 Å². The van der Waals surface area contributed by atoms with Gasteiger partial charge in [-0.25, -0.2) is 5.84 Å². The van der Waals surface area contributed by atoms with Gasteiger partial charge in [-0.05, 0) is 38.0 Å². The molecule has 1 aromatic rings. The van der Waals surface area contributed by atoms with E-state index in [-0.39, 0.29) is 0 Å². The van der Waals surface area contributed by atoms with Crippen LogP contribution in [-0.2, 0) is 0 Å². The second-order valence-corrected chi connectivity index (χ2v) is 5.83. The van der Waals surface area contributed by atoms with E-state index >= 15 is 0 Å². The third-order valence-corrected chi connectivity index (χ3v) is 4.42. The maximum absolute atomic E-state index is 5.56. The zero-order valence-corrected chi connectivity index (χ0v) is 12.6. The van der Waals surface area contributed by atoms with E-state index in [9.17, 15) is 0 Å². The molecule has 21 heavy (non-hydrogen) atoms. The monoisotopic (exact) mass is 292 g/mol. The standard InChI is InChI=1S/C14H24N6O/c1-2-9-21-14-17-12(19-15)16-13(18-14)20-8-4-6-10-5-3-7-11(10)20/h10-11H,2-9,15H2,1H3,(H,16,17,18,19). The molecule has 1 aromatic heterocycles. The average Bonchev–Trinajstić information content (AvgIpc) is 3.01. The maximum Gasteiger partial charge on any atom is 0.323 e. The van der Waals surface area contributed by atoms with Gasteiger partial charge in [0.1, 0.15) is 0 Å². The Bertz CT molecular complexity index is 483. The molecule has 1 aliphatic carbocycles. The molecule has 3 rings (SSSR count). The van der Waals surface area contributed by atoms with Gasteiger partial charge < -0.3 is 9.64 Å². The van der Waals surface area contributed by atoms with Gasteiger partial charge in [0.25, 0.3) is 0 Å². The third kappa shape index (κ3) is 3.02. The van der Waals surface area contributed by atoms with Crippen molar-refractivity contribution in [2.24, 2.45) is 11.8 Å². The lowest BCUT2D eigenvalue weighted by Crippen LogP contribution is -2.43. The number of nitrogens with one attached hydrogen (secondary N) is 1. The Morgan fingerprint density at radius 1 is 1.24 bits per heavy atom. The van der Waals surface area contributed by atoms with Crippen molar-refractivity contribution >= 4 is 11.9 Å². The predicted octanol–water partition coefficient (Wildman–Crippen LogP) is 1.71. The van der Waals surface area contributed by atoms with E-state index in [2.05, 4.69) is 32.2 Å². The van der Waals surface area contributed by atoms with Gasteiger partial charge >= 0.3 is 6.01 Å². The molecule has 1 saturated carbocycles. The summed E-state index contributed by atoms with van der Waals surface area (Å²) in [6, 6.07) is 0.917. The van der Waals surface area contributed by atoms with Gasteiger partial charge in [-0.1, -0.05) is 13.3 Å². The summed E-state index contributed by atoms with van der Waals surface area (Å²) in [4.78, 5) is 15.4. The van der Waals surface area contributed by atoms with E-state index in [1.165, 1.54) is 32.1 Å². The van der Waals surface area contributed by atoms with E-state index in [4.69, 9.17) is 10.6 Å². The highest BCUT2D eigenvalue weighted by atomic mass is 16.5. The average molecular weight is 292 g/mol. The molecule has 7 heteroatoms. The summed E-state index contributed by atoms with van der Waals surface area (Å²) in [5.41, 5.74) is 2.51. The molecule has 0 radical (unpaired) electrons. The lowest BCUT2D eigenvalue weighted by molar-refractivity contribution is 0.290. The van der Waals surface area contributed by atoms with E-state index < -0.39 is 0 Å². The van der Waals surface area contributed by atoms with Crippen molar-refractivity contribution < 1.29 is 4.74 Å². The summed E-state index contributed by atoms with van der Waals surface area (Å²) in [5, 5.41) is 0. The van der Waals surface area contributed by atoms with Crippen LogP contribution in [0.1, 0.15) is 45.4 Å². The van der Waals surface area contributed by atoms with Gasteiger partial charge in [0.2, 0.25) is 11.9 Å². The van der Waals surface area contributed by atoms with Crippen LogP contribution < -0.4 is 20.9 Å². The molecule has 0 bridgehead atoms. The number of hydrogen-bond acceptors (Lipinski definition) is 7. The lowest BCUT2D eigenvalue weighted by Gasteiger charge is -2.37. The van der Waals surface area contributed by atoms with Crippen LogP contribution in [0.3, 0.4) is 0 Å². The minimum absolute atomic E-state index is 0.356. The highest BCUT2D eigenvalue weighted by Crippen LogP contribution is 2.38. The number of hydrogen-bond donors (Lipinski definition) is 2. The summed E-state index contributed by atoms with van der Waals surface area (Å²) in [6.07, 6.45) is 7.30. The van der Waals surface area contributed by atoms with Crippen molar-refractivity contribution in [3.63, 3.8) is 0 Å². The van der Waals surface area contributed by atoms with Crippen molar-refractivity contribution in [1.82, 2.24) is 15.0 Å². The summed E-state index contributed by atoms with van der Waals surface area (Å²) in [7, 11) is 0. The highest BCUT2D eigenvalue weighted by Gasteiger charge is 2.36. The third-order valence-electron chi connectivity index (χ3n) is 4.42. The molecule has 2 fully saturated rings. The normalized spacial score (nSPS) is 24.8. The van der Waals surface area contributed by atoms with Gasteiger partial charge in [0.15, 0.2) is 0 Å².